The summed E-state index contributed by atoms with van der Waals surface area (Å²) in [6, 6.07) is 19.4. The lowest BCUT2D eigenvalue weighted by atomic mass is 9.89. The molecule has 3 aromatic rings. The first kappa shape index (κ1) is 21.9. The van der Waals surface area contributed by atoms with Crippen LogP contribution in [0.25, 0.3) is 33.0 Å². The van der Waals surface area contributed by atoms with E-state index in [4.69, 9.17) is 4.55 Å². The van der Waals surface area contributed by atoms with Crippen molar-refractivity contribution in [1.82, 2.24) is 5.32 Å². The molecule has 0 spiro atoms. The number of hydrogen-bond acceptors (Lipinski definition) is 5. The highest BCUT2D eigenvalue weighted by atomic mass is 32.2. The zero-order valence-electron chi connectivity index (χ0n) is 17.4. The van der Waals surface area contributed by atoms with Crippen molar-refractivity contribution in [3.63, 3.8) is 0 Å². The van der Waals surface area contributed by atoms with E-state index < -0.39 is 21.9 Å². The molecule has 5 rings (SSSR count). The second-order valence-corrected chi connectivity index (χ2v) is 9.88. The zero-order valence-corrected chi connectivity index (χ0v) is 18.2. The Balaban J connectivity index is 0.000000418. The lowest BCUT2D eigenvalue weighted by molar-refractivity contribution is -0.0702. The first-order valence-electron chi connectivity index (χ1n) is 10.4. The van der Waals surface area contributed by atoms with E-state index in [2.05, 4.69) is 59.9 Å². The molecule has 164 valence electrons. The molecular formula is C24H27NO5S. The summed E-state index contributed by atoms with van der Waals surface area (Å²) in [5.41, 5.74) is 5.40. The van der Waals surface area contributed by atoms with Crippen molar-refractivity contribution in [3.8, 4) is 22.3 Å². The van der Waals surface area contributed by atoms with Crippen LogP contribution in [0, 0.1) is 0 Å². The van der Waals surface area contributed by atoms with Crippen LogP contribution in [-0.4, -0.2) is 41.3 Å². The van der Waals surface area contributed by atoms with Gasteiger partial charge in [0.15, 0.2) is 0 Å². The molecule has 0 aromatic heterocycles. The lowest BCUT2D eigenvalue weighted by Crippen LogP contribution is -2.49. The van der Waals surface area contributed by atoms with Gasteiger partial charge in [-0.25, -0.2) is 0 Å². The highest BCUT2D eigenvalue weighted by Gasteiger charge is 2.33. The van der Waals surface area contributed by atoms with Gasteiger partial charge >= 0.3 is 0 Å². The second kappa shape index (κ2) is 8.33. The molecule has 1 saturated carbocycles. The average molecular weight is 442 g/mol. The Hall–Kier alpha value is -2.29. The molecule has 31 heavy (non-hydrogen) atoms. The van der Waals surface area contributed by atoms with Gasteiger partial charge in [0.1, 0.15) is 5.72 Å². The highest BCUT2D eigenvalue weighted by molar-refractivity contribution is 7.85. The van der Waals surface area contributed by atoms with Gasteiger partial charge in [0.05, 0.1) is 12.4 Å². The summed E-state index contributed by atoms with van der Waals surface area (Å²) in [6.45, 7) is 0.597. The van der Waals surface area contributed by atoms with Crippen molar-refractivity contribution in [3.05, 3.63) is 60.2 Å². The first-order chi connectivity index (χ1) is 14.6. The van der Waals surface area contributed by atoms with Crippen molar-refractivity contribution < 1.29 is 23.2 Å². The number of aliphatic hydroxyl groups is 2. The minimum Gasteiger partial charge on any atom is -0.393 e. The Morgan fingerprint density at radius 1 is 1.00 bits per heavy atom. The van der Waals surface area contributed by atoms with Gasteiger partial charge in [0, 0.05) is 13.0 Å². The van der Waals surface area contributed by atoms with Crippen molar-refractivity contribution >= 4 is 20.9 Å². The summed E-state index contributed by atoms with van der Waals surface area (Å²) in [5, 5.41) is 26.5. The Morgan fingerprint density at radius 2 is 1.61 bits per heavy atom. The average Bonchev–Trinajstić information content (AvgIpc) is 3.02. The maximum absolute atomic E-state index is 10.8. The number of benzene rings is 3. The van der Waals surface area contributed by atoms with E-state index in [1.807, 2.05) is 0 Å². The topological polar surface area (TPSA) is 107 Å². The maximum Gasteiger partial charge on any atom is 0.261 e. The van der Waals surface area contributed by atoms with Gasteiger partial charge in [-0.2, -0.15) is 8.42 Å². The molecule has 0 aliphatic heterocycles. The van der Waals surface area contributed by atoms with Crippen LogP contribution in [-0.2, 0) is 16.7 Å². The van der Waals surface area contributed by atoms with Crippen LogP contribution in [0.15, 0.2) is 54.6 Å². The fourth-order valence-corrected chi connectivity index (χ4v) is 4.67. The smallest absolute Gasteiger partial charge is 0.261 e. The zero-order chi connectivity index (χ0) is 22.2. The van der Waals surface area contributed by atoms with Gasteiger partial charge in [-0.05, 0) is 57.9 Å². The van der Waals surface area contributed by atoms with Crippen molar-refractivity contribution in [1.29, 1.82) is 0 Å². The van der Waals surface area contributed by atoms with Gasteiger partial charge in [-0.15, -0.1) is 0 Å². The van der Waals surface area contributed by atoms with Crippen LogP contribution in [0.2, 0.25) is 0 Å². The molecule has 2 aliphatic carbocycles. The van der Waals surface area contributed by atoms with Crippen LogP contribution in [0.1, 0.15) is 31.2 Å². The van der Waals surface area contributed by atoms with E-state index in [0.29, 0.717) is 25.6 Å². The number of aliphatic hydroxyl groups excluding tert-OH is 1. The van der Waals surface area contributed by atoms with Crippen LogP contribution >= 0.6 is 0 Å². The predicted octanol–water partition coefficient (Wildman–Crippen LogP) is 3.70. The summed E-state index contributed by atoms with van der Waals surface area (Å²) in [4.78, 5) is 0. The summed E-state index contributed by atoms with van der Waals surface area (Å²) >= 11 is 0. The SMILES string of the molecule is CS(=O)(=O)O.O[C@@H]1CCC[C@@](O)(NCc2ccc3c4c(cccc24)-c2ccccc2-3)C1. The molecule has 4 N–H and O–H groups in total. The Labute approximate surface area is 182 Å². The lowest BCUT2D eigenvalue weighted by Gasteiger charge is -2.35. The third kappa shape index (κ3) is 4.81. The van der Waals surface area contributed by atoms with Gasteiger partial charge in [0.2, 0.25) is 0 Å². The highest BCUT2D eigenvalue weighted by Crippen LogP contribution is 2.47. The fourth-order valence-electron chi connectivity index (χ4n) is 4.67. The van der Waals surface area contributed by atoms with Gasteiger partial charge in [0.25, 0.3) is 10.1 Å². The summed E-state index contributed by atoms with van der Waals surface area (Å²) in [5.74, 6) is 0. The van der Waals surface area contributed by atoms with Crippen LogP contribution in [0.4, 0.5) is 0 Å². The van der Waals surface area contributed by atoms with E-state index in [1.165, 1.54) is 38.6 Å². The molecule has 1 fully saturated rings. The van der Waals surface area contributed by atoms with E-state index in [0.717, 1.165) is 12.8 Å². The Morgan fingerprint density at radius 3 is 2.26 bits per heavy atom. The molecule has 2 aliphatic rings. The molecule has 2 atom stereocenters. The molecule has 6 nitrogen and oxygen atoms in total. The molecule has 0 amide bonds. The summed E-state index contributed by atoms with van der Waals surface area (Å²) in [6.07, 6.45) is 3.03. The van der Waals surface area contributed by atoms with Gasteiger partial charge in [-0.1, -0.05) is 54.6 Å². The monoisotopic (exact) mass is 441 g/mol. The second-order valence-electron chi connectivity index (χ2n) is 8.41. The molecule has 3 aromatic carbocycles. The number of nitrogens with one attached hydrogen (secondary N) is 1. The van der Waals surface area contributed by atoms with Crippen molar-refractivity contribution in [2.45, 2.75) is 44.1 Å². The quantitative estimate of drug-likeness (QED) is 0.285. The van der Waals surface area contributed by atoms with E-state index in [1.54, 1.807) is 0 Å². The number of hydrogen-bond donors (Lipinski definition) is 4. The molecule has 0 bridgehead atoms. The summed E-state index contributed by atoms with van der Waals surface area (Å²) in [7, 11) is -3.67. The van der Waals surface area contributed by atoms with Crippen molar-refractivity contribution in [2.24, 2.45) is 0 Å². The standard InChI is InChI=1S/C23H23NO2.CH4O3S/c25-16-5-4-12-23(26,13-16)24-14-15-10-11-21-19-7-2-1-6-18(19)20-9-3-8-17(15)22(20)21;1-5(2,3)4/h1-3,6-11,16,24-26H,4-5,12-14H2;1H3,(H,2,3,4)/t16-,23+;/m1./s1. The largest absolute Gasteiger partial charge is 0.393 e. The van der Waals surface area contributed by atoms with Crippen LogP contribution < -0.4 is 5.32 Å². The molecule has 0 heterocycles. The molecule has 0 radical (unpaired) electrons. The molecule has 0 unspecified atom stereocenters. The third-order valence-corrected chi connectivity index (χ3v) is 5.95. The van der Waals surface area contributed by atoms with Crippen molar-refractivity contribution in [2.75, 3.05) is 6.26 Å². The minimum atomic E-state index is -3.67. The maximum atomic E-state index is 10.8. The fraction of sp³-hybridized carbons (Fsp3) is 0.333. The van der Waals surface area contributed by atoms with Crippen LogP contribution in [0.3, 0.4) is 0 Å². The van der Waals surface area contributed by atoms with E-state index in [9.17, 15) is 18.6 Å². The molecular weight excluding hydrogens is 414 g/mol. The molecule has 7 heteroatoms. The van der Waals surface area contributed by atoms with Gasteiger partial charge in [-0.3, -0.25) is 9.87 Å². The Kier molecular flexibility index (Phi) is 5.89. The molecule has 0 saturated heterocycles. The summed E-state index contributed by atoms with van der Waals surface area (Å²) < 4.78 is 25.9. The predicted molar refractivity (Wildman–Crippen MR) is 122 cm³/mol. The van der Waals surface area contributed by atoms with Crippen LogP contribution in [0.5, 0.6) is 0 Å². The van der Waals surface area contributed by atoms with E-state index >= 15 is 0 Å². The number of rotatable bonds is 3. The Bertz CT molecular complexity index is 1190. The van der Waals surface area contributed by atoms with Gasteiger partial charge < -0.3 is 10.2 Å². The minimum absolute atomic E-state index is 0.402. The normalized spacial score (nSPS) is 22.0. The third-order valence-electron chi connectivity index (χ3n) is 5.95. The van der Waals surface area contributed by atoms with E-state index in [-0.39, 0.29) is 0 Å². The first-order valence-corrected chi connectivity index (χ1v) is 12.2. The number of fused-ring (bicyclic) bond motifs is 3.